The summed E-state index contributed by atoms with van der Waals surface area (Å²) in [6.07, 6.45) is 0. The van der Waals surface area contributed by atoms with Gasteiger partial charge >= 0.3 is 5.97 Å². The number of aromatic amines is 1. The second-order valence-corrected chi connectivity index (χ2v) is 3.48. The van der Waals surface area contributed by atoms with E-state index >= 15 is 0 Å². The summed E-state index contributed by atoms with van der Waals surface area (Å²) >= 11 is 0. The number of halogens is 2. The van der Waals surface area contributed by atoms with Crippen molar-refractivity contribution >= 4 is 5.97 Å². The van der Waals surface area contributed by atoms with Crippen LogP contribution in [-0.4, -0.2) is 22.8 Å². The Labute approximate surface area is 123 Å². The Morgan fingerprint density at radius 2 is 1.86 bits per heavy atom. The monoisotopic (exact) mass is 298 g/mol. The standard InChI is InChI=1S/C12H10F2N2O2.C2H6.CH4/c1-2-18-12(17)10-6-9(15-16-10)11-7(13)4-3-5-8(11)14;1-2;/h3-6H,2H2,1H3,(H,15,16);1-2H3;1H4. The van der Waals surface area contributed by atoms with E-state index in [4.69, 9.17) is 4.74 Å². The molecule has 0 radical (unpaired) electrons. The van der Waals surface area contributed by atoms with Crippen molar-refractivity contribution in [1.29, 1.82) is 0 Å². The molecule has 0 atom stereocenters. The fourth-order valence-corrected chi connectivity index (χ4v) is 1.51. The molecule has 0 saturated carbocycles. The van der Waals surface area contributed by atoms with Crippen molar-refractivity contribution in [3.8, 4) is 11.3 Å². The minimum atomic E-state index is -0.739. The topological polar surface area (TPSA) is 55.0 Å². The van der Waals surface area contributed by atoms with E-state index in [0.717, 1.165) is 12.1 Å². The van der Waals surface area contributed by atoms with E-state index in [-0.39, 0.29) is 31.0 Å². The molecule has 0 spiro atoms. The number of H-pyrrole nitrogens is 1. The van der Waals surface area contributed by atoms with Crippen LogP contribution in [0.2, 0.25) is 0 Å². The van der Waals surface area contributed by atoms with Crippen LogP contribution in [-0.2, 0) is 4.74 Å². The second-order valence-electron chi connectivity index (χ2n) is 3.48. The van der Waals surface area contributed by atoms with Crippen LogP contribution in [0.4, 0.5) is 8.78 Å². The summed E-state index contributed by atoms with van der Waals surface area (Å²) in [5.74, 6) is -2.10. The zero-order valence-corrected chi connectivity index (χ0v) is 11.5. The molecule has 6 heteroatoms. The van der Waals surface area contributed by atoms with Gasteiger partial charge in [0.25, 0.3) is 0 Å². The van der Waals surface area contributed by atoms with E-state index in [1.54, 1.807) is 6.92 Å². The fraction of sp³-hybridized carbons (Fsp3) is 0.333. The average Bonchev–Trinajstić information content (AvgIpc) is 2.91. The number of carbonyl (C=O) groups excluding carboxylic acids is 1. The first-order valence-electron chi connectivity index (χ1n) is 6.30. The molecule has 1 aromatic heterocycles. The lowest BCUT2D eigenvalue weighted by molar-refractivity contribution is 0.0519. The maximum Gasteiger partial charge on any atom is 0.356 e. The van der Waals surface area contributed by atoms with Gasteiger partial charge in [0.15, 0.2) is 0 Å². The summed E-state index contributed by atoms with van der Waals surface area (Å²) in [4.78, 5) is 11.4. The van der Waals surface area contributed by atoms with E-state index in [2.05, 4.69) is 10.2 Å². The van der Waals surface area contributed by atoms with Gasteiger partial charge in [0, 0.05) is 0 Å². The normalized spacial score (nSPS) is 9.19. The molecule has 1 aromatic carbocycles. The molecule has 0 aliphatic rings. The van der Waals surface area contributed by atoms with Crippen molar-refractivity contribution < 1.29 is 18.3 Å². The molecule has 4 nitrogen and oxygen atoms in total. The number of ether oxygens (including phenoxy) is 1. The lowest BCUT2D eigenvalue weighted by Gasteiger charge is -1.99. The number of aromatic nitrogens is 2. The quantitative estimate of drug-likeness (QED) is 0.864. The van der Waals surface area contributed by atoms with Gasteiger partial charge in [-0.1, -0.05) is 27.3 Å². The maximum atomic E-state index is 13.5. The van der Waals surface area contributed by atoms with E-state index in [1.807, 2.05) is 13.8 Å². The molecule has 1 N–H and O–H groups in total. The molecule has 0 bridgehead atoms. The molecule has 2 rings (SSSR count). The van der Waals surface area contributed by atoms with Gasteiger partial charge in [-0.15, -0.1) is 0 Å². The van der Waals surface area contributed by atoms with Crippen LogP contribution in [0.1, 0.15) is 38.7 Å². The van der Waals surface area contributed by atoms with Crippen LogP contribution in [0.3, 0.4) is 0 Å². The lowest BCUT2D eigenvalue weighted by Crippen LogP contribution is -2.04. The number of nitrogens with zero attached hydrogens (tertiary/aromatic N) is 1. The first-order chi connectivity index (χ1) is 9.63. The van der Waals surface area contributed by atoms with Gasteiger partial charge in [-0.2, -0.15) is 5.10 Å². The van der Waals surface area contributed by atoms with E-state index in [0.29, 0.717) is 0 Å². The zero-order chi connectivity index (χ0) is 15.1. The van der Waals surface area contributed by atoms with Gasteiger partial charge in [-0.05, 0) is 25.1 Å². The van der Waals surface area contributed by atoms with Gasteiger partial charge in [-0.3, -0.25) is 5.10 Å². The molecule has 0 aliphatic carbocycles. The average molecular weight is 298 g/mol. The van der Waals surface area contributed by atoms with Crippen LogP contribution in [0.15, 0.2) is 24.3 Å². The van der Waals surface area contributed by atoms with Crippen molar-refractivity contribution in [1.82, 2.24) is 10.2 Å². The Kier molecular flexibility index (Phi) is 7.89. The number of hydrogen-bond donors (Lipinski definition) is 1. The minimum absolute atomic E-state index is 0. The van der Waals surface area contributed by atoms with E-state index in [9.17, 15) is 13.6 Å². The molecule has 1 heterocycles. The van der Waals surface area contributed by atoms with Crippen LogP contribution >= 0.6 is 0 Å². The van der Waals surface area contributed by atoms with Gasteiger partial charge < -0.3 is 4.74 Å². The first-order valence-corrected chi connectivity index (χ1v) is 6.30. The third-order valence-electron chi connectivity index (χ3n) is 2.29. The third-order valence-corrected chi connectivity index (χ3v) is 2.29. The molecular formula is C15H20F2N2O2. The van der Waals surface area contributed by atoms with Crippen LogP contribution in [0.5, 0.6) is 0 Å². The number of rotatable bonds is 3. The highest BCUT2D eigenvalue weighted by Gasteiger charge is 2.17. The summed E-state index contributed by atoms with van der Waals surface area (Å²) in [6.45, 7) is 5.87. The van der Waals surface area contributed by atoms with E-state index in [1.165, 1.54) is 12.1 Å². The molecule has 0 aliphatic heterocycles. The molecule has 116 valence electrons. The maximum absolute atomic E-state index is 13.5. The molecule has 0 amide bonds. The smallest absolute Gasteiger partial charge is 0.356 e. The van der Waals surface area contributed by atoms with Crippen molar-refractivity contribution in [2.45, 2.75) is 28.2 Å². The van der Waals surface area contributed by atoms with Crippen LogP contribution < -0.4 is 0 Å². The second kappa shape index (κ2) is 8.84. The number of nitrogens with one attached hydrogen (secondary N) is 1. The van der Waals surface area contributed by atoms with Crippen molar-refractivity contribution in [3.05, 3.63) is 41.6 Å². The Balaban J connectivity index is 0.00000128. The fourth-order valence-electron chi connectivity index (χ4n) is 1.51. The summed E-state index contributed by atoms with van der Waals surface area (Å²) < 4.78 is 31.7. The van der Waals surface area contributed by atoms with Crippen LogP contribution in [0, 0.1) is 11.6 Å². The molecule has 2 aromatic rings. The van der Waals surface area contributed by atoms with Crippen molar-refractivity contribution in [3.63, 3.8) is 0 Å². The molecule has 21 heavy (non-hydrogen) atoms. The first kappa shape index (κ1) is 18.8. The SMILES string of the molecule is C.CC.CCOC(=O)c1cc(-c2c(F)cccc2F)n[nH]1. The third kappa shape index (κ3) is 4.37. The molecule has 0 fully saturated rings. The number of carbonyl (C=O) groups is 1. The van der Waals surface area contributed by atoms with Crippen molar-refractivity contribution in [2.24, 2.45) is 0 Å². The Hall–Kier alpha value is -2.24. The van der Waals surface area contributed by atoms with Gasteiger partial charge in [0.2, 0.25) is 0 Å². The highest BCUT2D eigenvalue weighted by atomic mass is 19.1. The number of esters is 1. The van der Waals surface area contributed by atoms with Gasteiger partial charge in [0.05, 0.1) is 17.9 Å². The van der Waals surface area contributed by atoms with Crippen molar-refractivity contribution in [2.75, 3.05) is 6.61 Å². The van der Waals surface area contributed by atoms with E-state index < -0.39 is 17.6 Å². The predicted molar refractivity (Wildman–Crippen MR) is 78.0 cm³/mol. The van der Waals surface area contributed by atoms with Gasteiger partial charge in [0.1, 0.15) is 17.3 Å². The Morgan fingerprint density at radius 1 is 1.29 bits per heavy atom. The molecule has 0 unspecified atom stereocenters. The number of hydrogen-bond acceptors (Lipinski definition) is 3. The molecular weight excluding hydrogens is 278 g/mol. The highest BCUT2D eigenvalue weighted by molar-refractivity contribution is 5.88. The van der Waals surface area contributed by atoms with Crippen LogP contribution in [0.25, 0.3) is 11.3 Å². The number of benzene rings is 1. The summed E-state index contributed by atoms with van der Waals surface area (Å²) in [7, 11) is 0. The highest BCUT2D eigenvalue weighted by Crippen LogP contribution is 2.24. The lowest BCUT2D eigenvalue weighted by atomic mass is 10.1. The zero-order valence-electron chi connectivity index (χ0n) is 11.5. The summed E-state index contributed by atoms with van der Waals surface area (Å²) in [5, 5.41) is 6.09. The Morgan fingerprint density at radius 3 is 2.38 bits per heavy atom. The van der Waals surface area contributed by atoms with Gasteiger partial charge in [-0.25, -0.2) is 13.6 Å². The summed E-state index contributed by atoms with van der Waals surface area (Å²) in [5.41, 5.74) is -0.201. The minimum Gasteiger partial charge on any atom is -0.461 e. The molecule has 0 saturated heterocycles. The Bertz CT molecular complexity index is 563. The predicted octanol–water partition coefficient (Wildman–Crippen LogP) is 4.19. The largest absolute Gasteiger partial charge is 0.461 e. The summed E-state index contributed by atoms with van der Waals surface area (Å²) in [6, 6.07) is 4.75.